The van der Waals surface area contributed by atoms with Crippen LogP contribution >= 0.6 is 0 Å². The highest BCUT2D eigenvalue weighted by molar-refractivity contribution is 5.80. The molecule has 6 nitrogen and oxygen atoms in total. The number of nitrogens with two attached hydrogens (primary N) is 1. The number of primary amides is 1. The van der Waals surface area contributed by atoms with Crippen molar-refractivity contribution in [2.24, 2.45) is 16.6 Å². The van der Waals surface area contributed by atoms with E-state index in [1.165, 1.54) is 12.8 Å². The van der Waals surface area contributed by atoms with Crippen LogP contribution in [0, 0.1) is 5.92 Å². The molecule has 23 heavy (non-hydrogen) atoms. The second-order valence-corrected chi connectivity index (χ2v) is 7.06. The van der Waals surface area contributed by atoms with Gasteiger partial charge in [0, 0.05) is 38.1 Å². The molecule has 0 bridgehead atoms. The summed E-state index contributed by atoms with van der Waals surface area (Å²) >= 11 is 0. The summed E-state index contributed by atoms with van der Waals surface area (Å²) in [7, 11) is 2.20. The van der Waals surface area contributed by atoms with Gasteiger partial charge >= 0.3 is 0 Å². The first-order valence-corrected chi connectivity index (χ1v) is 9.04. The van der Waals surface area contributed by atoms with E-state index in [1.807, 2.05) is 0 Å². The summed E-state index contributed by atoms with van der Waals surface area (Å²) in [4.78, 5) is 20.8. The first-order valence-electron chi connectivity index (χ1n) is 9.04. The lowest BCUT2D eigenvalue weighted by Gasteiger charge is -2.35. The second-order valence-electron chi connectivity index (χ2n) is 7.06. The number of hydrogen-bond donors (Lipinski definition) is 2. The van der Waals surface area contributed by atoms with E-state index in [4.69, 9.17) is 10.7 Å². The first-order chi connectivity index (χ1) is 11.0. The molecule has 2 atom stereocenters. The summed E-state index contributed by atoms with van der Waals surface area (Å²) in [6.07, 6.45) is 5.31. The SMILES string of the molecule is CCNC(=NCC(C)N(C)C1CC1)N1CCCC(CC(N)=O)C1. The summed E-state index contributed by atoms with van der Waals surface area (Å²) in [6.45, 7) is 7.90. The number of nitrogens with one attached hydrogen (secondary N) is 1. The lowest BCUT2D eigenvalue weighted by Crippen LogP contribution is -2.47. The largest absolute Gasteiger partial charge is 0.370 e. The molecule has 1 saturated heterocycles. The van der Waals surface area contributed by atoms with E-state index in [0.29, 0.717) is 18.4 Å². The summed E-state index contributed by atoms with van der Waals surface area (Å²) in [5.41, 5.74) is 5.36. The fourth-order valence-corrected chi connectivity index (χ4v) is 3.32. The summed E-state index contributed by atoms with van der Waals surface area (Å²) in [5, 5.41) is 3.41. The van der Waals surface area contributed by atoms with Crippen LogP contribution in [-0.2, 0) is 4.79 Å². The van der Waals surface area contributed by atoms with Crippen LogP contribution in [0.5, 0.6) is 0 Å². The van der Waals surface area contributed by atoms with Gasteiger partial charge in [-0.1, -0.05) is 0 Å². The molecule has 0 aromatic carbocycles. The van der Waals surface area contributed by atoms with Gasteiger partial charge in [0.1, 0.15) is 0 Å². The normalized spacial score (nSPS) is 23.9. The third-order valence-electron chi connectivity index (χ3n) is 4.97. The fourth-order valence-electron chi connectivity index (χ4n) is 3.32. The van der Waals surface area contributed by atoms with Crippen molar-refractivity contribution in [2.75, 3.05) is 33.2 Å². The van der Waals surface area contributed by atoms with E-state index in [2.05, 4.69) is 36.0 Å². The van der Waals surface area contributed by atoms with Crippen molar-refractivity contribution in [3.63, 3.8) is 0 Å². The zero-order valence-corrected chi connectivity index (χ0v) is 14.9. The summed E-state index contributed by atoms with van der Waals surface area (Å²) in [5.74, 6) is 1.15. The Kier molecular flexibility index (Phi) is 6.69. The first kappa shape index (κ1) is 18.0. The van der Waals surface area contributed by atoms with E-state index in [0.717, 1.165) is 51.0 Å². The highest BCUT2D eigenvalue weighted by atomic mass is 16.1. The predicted octanol–water partition coefficient (Wildman–Crippen LogP) is 1.02. The molecule has 3 N–H and O–H groups in total. The van der Waals surface area contributed by atoms with Crippen molar-refractivity contribution < 1.29 is 4.79 Å². The lowest BCUT2D eigenvalue weighted by molar-refractivity contribution is -0.119. The van der Waals surface area contributed by atoms with Crippen LogP contribution in [0.1, 0.15) is 46.0 Å². The average molecular weight is 323 g/mol. The van der Waals surface area contributed by atoms with E-state index in [1.54, 1.807) is 0 Å². The number of carbonyl (C=O) groups excluding carboxylic acids is 1. The van der Waals surface area contributed by atoms with Gasteiger partial charge in [0.05, 0.1) is 6.54 Å². The van der Waals surface area contributed by atoms with E-state index >= 15 is 0 Å². The van der Waals surface area contributed by atoms with Crippen molar-refractivity contribution >= 4 is 11.9 Å². The Morgan fingerprint density at radius 1 is 1.43 bits per heavy atom. The quantitative estimate of drug-likeness (QED) is 0.542. The minimum absolute atomic E-state index is 0.196. The number of carbonyl (C=O) groups is 1. The molecule has 2 unspecified atom stereocenters. The highest BCUT2D eigenvalue weighted by Gasteiger charge is 2.29. The number of guanidine groups is 1. The van der Waals surface area contributed by atoms with Gasteiger partial charge in [-0.2, -0.15) is 0 Å². The van der Waals surface area contributed by atoms with Crippen LogP contribution in [0.15, 0.2) is 4.99 Å². The molecule has 1 saturated carbocycles. The van der Waals surface area contributed by atoms with Crippen molar-refractivity contribution in [1.29, 1.82) is 0 Å². The minimum atomic E-state index is -0.196. The number of likely N-dealkylation sites (tertiary alicyclic amines) is 1. The molecule has 132 valence electrons. The Morgan fingerprint density at radius 3 is 2.78 bits per heavy atom. The van der Waals surface area contributed by atoms with Crippen molar-refractivity contribution in [3.05, 3.63) is 0 Å². The highest BCUT2D eigenvalue weighted by Crippen LogP contribution is 2.27. The Labute approximate surface area is 140 Å². The fraction of sp³-hybridized carbons (Fsp3) is 0.882. The summed E-state index contributed by atoms with van der Waals surface area (Å²) < 4.78 is 0. The van der Waals surface area contributed by atoms with Gasteiger partial charge in [0.15, 0.2) is 5.96 Å². The van der Waals surface area contributed by atoms with Gasteiger partial charge in [0.2, 0.25) is 5.91 Å². The van der Waals surface area contributed by atoms with Crippen molar-refractivity contribution in [1.82, 2.24) is 15.1 Å². The molecule has 2 aliphatic rings. The third-order valence-corrected chi connectivity index (χ3v) is 4.97. The van der Waals surface area contributed by atoms with Crippen LogP contribution in [0.2, 0.25) is 0 Å². The molecular formula is C17H33N5O. The number of amides is 1. The second kappa shape index (κ2) is 8.52. The molecule has 1 aliphatic heterocycles. The molecular weight excluding hydrogens is 290 g/mol. The molecule has 2 fully saturated rings. The number of hydrogen-bond acceptors (Lipinski definition) is 3. The molecule has 1 heterocycles. The van der Waals surface area contributed by atoms with E-state index in [-0.39, 0.29) is 5.91 Å². The van der Waals surface area contributed by atoms with Crippen LogP contribution in [0.25, 0.3) is 0 Å². The number of piperidine rings is 1. The molecule has 0 spiro atoms. The molecule has 0 aromatic heterocycles. The molecule has 2 rings (SSSR count). The van der Waals surface area contributed by atoms with Crippen molar-refractivity contribution in [3.8, 4) is 0 Å². The number of nitrogens with zero attached hydrogens (tertiary/aromatic N) is 3. The number of likely N-dealkylation sites (N-methyl/N-ethyl adjacent to an activating group) is 1. The van der Waals surface area contributed by atoms with Gasteiger partial charge in [0.25, 0.3) is 0 Å². The molecule has 6 heteroatoms. The monoisotopic (exact) mass is 323 g/mol. The molecule has 1 amide bonds. The van der Waals surface area contributed by atoms with Crippen LogP contribution in [-0.4, -0.2) is 67.0 Å². The molecule has 0 radical (unpaired) electrons. The maximum atomic E-state index is 11.2. The predicted molar refractivity (Wildman–Crippen MR) is 94.3 cm³/mol. The van der Waals surface area contributed by atoms with Gasteiger partial charge < -0.3 is 16.0 Å². The minimum Gasteiger partial charge on any atom is -0.370 e. The zero-order chi connectivity index (χ0) is 16.8. The zero-order valence-electron chi connectivity index (χ0n) is 14.9. The van der Waals surface area contributed by atoms with E-state index in [9.17, 15) is 4.79 Å². The van der Waals surface area contributed by atoms with Gasteiger partial charge in [-0.05, 0) is 52.5 Å². The smallest absolute Gasteiger partial charge is 0.217 e. The van der Waals surface area contributed by atoms with Gasteiger partial charge in [-0.15, -0.1) is 0 Å². The van der Waals surface area contributed by atoms with Crippen molar-refractivity contribution in [2.45, 2.75) is 58.0 Å². The van der Waals surface area contributed by atoms with Crippen LogP contribution in [0.3, 0.4) is 0 Å². The topological polar surface area (TPSA) is 74.0 Å². The Morgan fingerprint density at radius 2 is 2.17 bits per heavy atom. The standard InChI is InChI=1S/C17H33N5O/c1-4-19-17(20-11-13(2)21(3)15-7-8-15)22-9-5-6-14(12-22)10-16(18)23/h13-15H,4-12H2,1-3H3,(H2,18,23)(H,19,20). The maximum absolute atomic E-state index is 11.2. The van der Waals surface area contributed by atoms with Crippen LogP contribution < -0.4 is 11.1 Å². The van der Waals surface area contributed by atoms with Gasteiger partial charge in [-0.3, -0.25) is 14.7 Å². The summed E-state index contributed by atoms with van der Waals surface area (Å²) in [6, 6.07) is 1.22. The average Bonchev–Trinajstić information content (AvgIpc) is 3.34. The maximum Gasteiger partial charge on any atom is 0.217 e. The number of aliphatic imine (C=N–C) groups is 1. The third kappa shape index (κ3) is 5.68. The number of rotatable bonds is 7. The lowest BCUT2D eigenvalue weighted by atomic mass is 9.95. The Hall–Kier alpha value is -1.30. The molecule has 1 aliphatic carbocycles. The van der Waals surface area contributed by atoms with Crippen LogP contribution in [0.4, 0.5) is 0 Å². The molecule has 0 aromatic rings. The Bertz CT molecular complexity index is 421. The van der Waals surface area contributed by atoms with Gasteiger partial charge in [-0.25, -0.2) is 0 Å². The van der Waals surface area contributed by atoms with E-state index < -0.39 is 0 Å². The Balaban J connectivity index is 1.92.